The molecule has 0 aliphatic rings. The summed E-state index contributed by atoms with van der Waals surface area (Å²) in [6.07, 6.45) is 2.55. The van der Waals surface area contributed by atoms with Crippen LogP contribution in [0, 0.1) is 5.92 Å². The first-order chi connectivity index (χ1) is 7.72. The molecule has 106 valence electrons. The lowest BCUT2D eigenvalue weighted by molar-refractivity contribution is -0.141. The molecule has 4 nitrogen and oxygen atoms in total. The molecule has 0 aliphatic heterocycles. The number of nitrogens with two attached hydrogens (primary N) is 1. The predicted octanol–water partition coefficient (Wildman–Crippen LogP) is 2.64. The smallest absolute Gasteiger partial charge is 0.306 e. The Balaban J connectivity index is -0.000000177. The number of hydrogen-bond acceptors (Lipinski definition) is 3. The molecule has 0 aromatic rings. The monoisotopic (exact) mass is 249 g/mol. The summed E-state index contributed by atoms with van der Waals surface area (Å²) >= 11 is 0. The van der Waals surface area contributed by atoms with E-state index in [1.165, 1.54) is 0 Å². The van der Waals surface area contributed by atoms with E-state index in [0.717, 1.165) is 19.3 Å². The van der Waals surface area contributed by atoms with Crippen molar-refractivity contribution in [1.29, 1.82) is 0 Å². The fraction of sp³-hybridized carbons (Fsp3) is 0.923. The molecule has 0 radical (unpaired) electrons. The van der Waals surface area contributed by atoms with Gasteiger partial charge in [0.25, 0.3) is 0 Å². The number of aliphatic hydroxyl groups excluding tert-OH is 1. The van der Waals surface area contributed by atoms with Gasteiger partial charge in [0.1, 0.15) is 0 Å². The Hall–Kier alpha value is -0.610. The minimum atomic E-state index is -0.706. The van der Waals surface area contributed by atoms with Gasteiger partial charge in [-0.05, 0) is 33.1 Å². The second-order valence-electron chi connectivity index (χ2n) is 4.29. The molecule has 0 aliphatic carbocycles. The molecular formula is C13H31NO3. The molecule has 0 fully saturated rings. The number of aliphatic hydroxyl groups is 1. The van der Waals surface area contributed by atoms with Crippen LogP contribution in [0.5, 0.6) is 0 Å². The van der Waals surface area contributed by atoms with Crippen LogP contribution in [-0.2, 0) is 4.79 Å². The van der Waals surface area contributed by atoms with Crippen molar-refractivity contribution in [3.63, 3.8) is 0 Å². The molecule has 0 aromatic heterocycles. The first kappa shape index (κ1) is 21.7. The zero-order valence-corrected chi connectivity index (χ0v) is 12.2. The van der Waals surface area contributed by atoms with E-state index in [9.17, 15) is 4.79 Å². The van der Waals surface area contributed by atoms with Crippen molar-refractivity contribution in [3.05, 3.63) is 0 Å². The Bertz CT molecular complexity index is 151. The lowest BCUT2D eigenvalue weighted by Gasteiger charge is -1.96. The molecule has 4 N–H and O–H groups in total. The van der Waals surface area contributed by atoms with E-state index < -0.39 is 5.97 Å². The molecule has 0 saturated carbocycles. The van der Waals surface area contributed by atoms with Crippen molar-refractivity contribution in [2.24, 2.45) is 11.7 Å². The molecule has 0 saturated heterocycles. The van der Waals surface area contributed by atoms with E-state index in [1.807, 2.05) is 20.8 Å². The SMILES string of the molecule is CCC(C)C(=O)O.CCC(C)N.CCC(C)O. The average Bonchev–Trinajstić information content (AvgIpc) is 2.29. The van der Waals surface area contributed by atoms with Crippen LogP contribution >= 0.6 is 0 Å². The number of rotatable bonds is 4. The van der Waals surface area contributed by atoms with Gasteiger partial charge in [-0.15, -0.1) is 0 Å². The third-order valence-electron chi connectivity index (χ3n) is 2.27. The van der Waals surface area contributed by atoms with E-state index in [0.29, 0.717) is 6.04 Å². The topological polar surface area (TPSA) is 83.5 Å². The summed E-state index contributed by atoms with van der Waals surface area (Å²) < 4.78 is 0. The Morgan fingerprint density at radius 1 is 1.06 bits per heavy atom. The van der Waals surface area contributed by atoms with Crippen molar-refractivity contribution in [2.45, 2.75) is 73.0 Å². The summed E-state index contributed by atoms with van der Waals surface area (Å²) in [5.41, 5.74) is 5.29. The fourth-order valence-electron chi connectivity index (χ4n) is 0.175. The number of hydrogen-bond donors (Lipinski definition) is 3. The van der Waals surface area contributed by atoms with Crippen LogP contribution in [0.25, 0.3) is 0 Å². The average molecular weight is 249 g/mol. The molecule has 17 heavy (non-hydrogen) atoms. The van der Waals surface area contributed by atoms with E-state index in [4.69, 9.17) is 15.9 Å². The molecule has 4 heteroatoms. The van der Waals surface area contributed by atoms with Gasteiger partial charge in [-0.2, -0.15) is 0 Å². The highest BCUT2D eigenvalue weighted by atomic mass is 16.4. The fourth-order valence-corrected chi connectivity index (χ4v) is 0.175. The number of aliphatic carboxylic acids is 1. The second-order valence-corrected chi connectivity index (χ2v) is 4.29. The molecule has 3 unspecified atom stereocenters. The standard InChI is InChI=1S/C5H10O2.C4H11N.C4H10O/c1-3-4(2)5(6)7;2*1-3-4(2)5/h4H,3H2,1-2H3,(H,6,7);4H,3,5H2,1-2H3;4-5H,3H2,1-2H3. The first-order valence-electron chi connectivity index (χ1n) is 6.39. The minimum Gasteiger partial charge on any atom is -0.481 e. The summed E-state index contributed by atoms with van der Waals surface area (Å²) in [6.45, 7) is 11.4. The first-order valence-corrected chi connectivity index (χ1v) is 6.39. The van der Waals surface area contributed by atoms with Crippen molar-refractivity contribution in [3.8, 4) is 0 Å². The van der Waals surface area contributed by atoms with E-state index in [-0.39, 0.29) is 12.0 Å². The largest absolute Gasteiger partial charge is 0.481 e. The predicted molar refractivity (Wildman–Crippen MR) is 73.0 cm³/mol. The maximum atomic E-state index is 9.93. The van der Waals surface area contributed by atoms with Crippen LogP contribution in [0.2, 0.25) is 0 Å². The molecule has 0 spiro atoms. The van der Waals surface area contributed by atoms with Gasteiger partial charge in [0.15, 0.2) is 0 Å². The lowest BCUT2D eigenvalue weighted by Crippen LogP contribution is -2.11. The number of carbonyl (C=O) groups is 1. The van der Waals surface area contributed by atoms with Crippen molar-refractivity contribution in [1.82, 2.24) is 0 Å². The second kappa shape index (κ2) is 15.4. The Morgan fingerprint density at radius 3 is 1.35 bits per heavy atom. The third kappa shape index (κ3) is 31.3. The molecule has 0 rings (SSSR count). The van der Waals surface area contributed by atoms with Crippen LogP contribution in [-0.4, -0.2) is 28.3 Å². The maximum absolute atomic E-state index is 9.93. The van der Waals surface area contributed by atoms with Crippen molar-refractivity contribution >= 4 is 5.97 Å². The highest BCUT2D eigenvalue weighted by molar-refractivity contribution is 5.69. The van der Waals surface area contributed by atoms with Gasteiger partial charge in [-0.1, -0.05) is 27.7 Å². The molecule has 3 atom stereocenters. The van der Waals surface area contributed by atoms with Crippen LogP contribution in [0.1, 0.15) is 60.8 Å². The van der Waals surface area contributed by atoms with Gasteiger partial charge in [0, 0.05) is 6.04 Å². The normalized spacial score (nSPS) is 14.4. The van der Waals surface area contributed by atoms with Crippen molar-refractivity contribution in [2.75, 3.05) is 0 Å². The maximum Gasteiger partial charge on any atom is 0.306 e. The highest BCUT2D eigenvalue weighted by Gasteiger charge is 2.05. The van der Waals surface area contributed by atoms with Crippen LogP contribution in [0.4, 0.5) is 0 Å². The Morgan fingerprint density at radius 2 is 1.35 bits per heavy atom. The lowest BCUT2D eigenvalue weighted by atomic mass is 10.1. The van der Waals surface area contributed by atoms with Crippen molar-refractivity contribution < 1.29 is 15.0 Å². The molecule has 0 aromatic carbocycles. The molecule has 0 heterocycles. The summed E-state index contributed by atoms with van der Waals surface area (Å²) in [6, 6.07) is 0.384. The van der Waals surface area contributed by atoms with Gasteiger partial charge in [0.05, 0.1) is 12.0 Å². The summed E-state index contributed by atoms with van der Waals surface area (Å²) in [7, 11) is 0. The summed E-state index contributed by atoms with van der Waals surface area (Å²) in [5.74, 6) is -0.887. The van der Waals surface area contributed by atoms with Gasteiger partial charge in [-0.25, -0.2) is 0 Å². The number of carboxylic acids is 1. The van der Waals surface area contributed by atoms with Gasteiger partial charge in [0.2, 0.25) is 0 Å². The third-order valence-corrected chi connectivity index (χ3v) is 2.27. The number of carboxylic acid groups (broad SMARTS) is 1. The zero-order valence-electron chi connectivity index (χ0n) is 12.2. The quantitative estimate of drug-likeness (QED) is 0.715. The summed E-state index contributed by atoms with van der Waals surface area (Å²) in [5, 5.41) is 16.5. The minimum absolute atomic E-state index is 0.116. The zero-order chi connectivity index (χ0) is 14.4. The van der Waals surface area contributed by atoms with Gasteiger partial charge >= 0.3 is 5.97 Å². The molecule has 0 bridgehead atoms. The van der Waals surface area contributed by atoms with Crippen LogP contribution in [0.15, 0.2) is 0 Å². The molecular weight excluding hydrogens is 218 g/mol. The summed E-state index contributed by atoms with van der Waals surface area (Å²) in [4.78, 5) is 9.93. The van der Waals surface area contributed by atoms with Gasteiger partial charge < -0.3 is 15.9 Å². The van der Waals surface area contributed by atoms with Gasteiger partial charge in [-0.3, -0.25) is 4.79 Å². The Kier molecular flexibility index (Phi) is 19.6. The van der Waals surface area contributed by atoms with E-state index >= 15 is 0 Å². The van der Waals surface area contributed by atoms with Crippen LogP contribution in [0.3, 0.4) is 0 Å². The Labute approximate surface area is 106 Å². The highest BCUT2D eigenvalue weighted by Crippen LogP contribution is 1.97. The van der Waals surface area contributed by atoms with Crippen LogP contribution < -0.4 is 5.73 Å². The molecule has 0 amide bonds. The van der Waals surface area contributed by atoms with E-state index in [1.54, 1.807) is 13.8 Å². The van der Waals surface area contributed by atoms with E-state index in [2.05, 4.69) is 6.92 Å².